The molecule has 0 spiro atoms. The Hall–Kier alpha value is -3.50. The standard InChI is InChI=1S/C29H36N4O5S/c1-9-35-28(34)29(7,8)37-26-17(2)12-22(13-18(26)3)14-33(16-25-30-21(6)32-38-25)15-23-20(5)36-27(31-23)24-11-10-19(4)39-24/h10-13H,9,14-16H2,1-8H3. The van der Waals surface area contributed by atoms with Gasteiger partial charge >= 0.3 is 5.97 Å². The first-order valence-corrected chi connectivity index (χ1v) is 13.8. The normalized spacial score (nSPS) is 11.8. The van der Waals surface area contributed by atoms with Crippen LogP contribution >= 0.6 is 11.3 Å². The van der Waals surface area contributed by atoms with E-state index in [1.807, 2.05) is 26.8 Å². The van der Waals surface area contributed by atoms with Crippen LogP contribution in [0, 0.1) is 34.6 Å². The Labute approximate surface area is 233 Å². The second kappa shape index (κ2) is 11.7. The molecule has 3 aromatic heterocycles. The van der Waals surface area contributed by atoms with Crippen LogP contribution in [0.1, 0.15) is 65.5 Å². The summed E-state index contributed by atoms with van der Waals surface area (Å²) in [5, 5.41) is 3.95. The van der Waals surface area contributed by atoms with Crippen molar-refractivity contribution in [2.24, 2.45) is 0 Å². The predicted octanol–water partition coefficient (Wildman–Crippen LogP) is 6.25. The van der Waals surface area contributed by atoms with Gasteiger partial charge in [0.15, 0.2) is 11.4 Å². The van der Waals surface area contributed by atoms with Crippen molar-refractivity contribution in [1.29, 1.82) is 0 Å². The number of esters is 1. The van der Waals surface area contributed by atoms with Crippen LogP contribution in [-0.4, -0.2) is 38.2 Å². The molecule has 0 saturated heterocycles. The number of carbonyl (C=O) groups excluding carboxylic acids is 1. The quantitative estimate of drug-likeness (QED) is 0.200. The number of oxazole rings is 1. The van der Waals surface area contributed by atoms with Crippen LogP contribution in [0.25, 0.3) is 10.8 Å². The molecule has 9 nitrogen and oxygen atoms in total. The molecule has 3 heterocycles. The van der Waals surface area contributed by atoms with E-state index in [1.165, 1.54) is 4.88 Å². The van der Waals surface area contributed by atoms with Gasteiger partial charge in [-0.15, -0.1) is 11.3 Å². The first kappa shape index (κ1) is 28.5. The number of nitrogens with zero attached hydrogens (tertiary/aromatic N) is 4. The molecular formula is C29H36N4O5S. The molecule has 0 unspecified atom stereocenters. The molecule has 10 heteroatoms. The van der Waals surface area contributed by atoms with E-state index < -0.39 is 11.6 Å². The van der Waals surface area contributed by atoms with E-state index in [0.717, 1.165) is 33.0 Å². The van der Waals surface area contributed by atoms with Gasteiger partial charge < -0.3 is 18.4 Å². The van der Waals surface area contributed by atoms with Gasteiger partial charge in [-0.05, 0) is 84.2 Å². The summed E-state index contributed by atoms with van der Waals surface area (Å²) < 4.78 is 22.8. The number of thiophene rings is 1. The molecule has 0 atom stereocenters. The summed E-state index contributed by atoms with van der Waals surface area (Å²) in [7, 11) is 0. The van der Waals surface area contributed by atoms with E-state index in [0.29, 0.717) is 49.6 Å². The van der Waals surface area contributed by atoms with Gasteiger partial charge in [-0.2, -0.15) is 4.98 Å². The van der Waals surface area contributed by atoms with Gasteiger partial charge in [-0.3, -0.25) is 4.90 Å². The third-order valence-electron chi connectivity index (χ3n) is 6.20. The molecule has 0 N–H and O–H groups in total. The lowest BCUT2D eigenvalue weighted by molar-refractivity contribution is -0.158. The smallest absolute Gasteiger partial charge is 0.349 e. The van der Waals surface area contributed by atoms with Gasteiger partial charge in [0.2, 0.25) is 11.8 Å². The summed E-state index contributed by atoms with van der Waals surface area (Å²) >= 11 is 1.66. The molecule has 0 bridgehead atoms. The third-order valence-corrected chi connectivity index (χ3v) is 7.18. The highest BCUT2D eigenvalue weighted by Crippen LogP contribution is 2.31. The van der Waals surface area contributed by atoms with Crippen LogP contribution in [0.4, 0.5) is 0 Å². The topological polar surface area (TPSA) is 104 Å². The van der Waals surface area contributed by atoms with Crippen molar-refractivity contribution in [3.63, 3.8) is 0 Å². The van der Waals surface area contributed by atoms with Crippen molar-refractivity contribution in [2.45, 2.75) is 80.6 Å². The largest absolute Gasteiger partial charge is 0.476 e. The highest BCUT2D eigenvalue weighted by atomic mass is 32.1. The van der Waals surface area contributed by atoms with Gasteiger partial charge in [0, 0.05) is 18.0 Å². The molecule has 0 aliphatic carbocycles. The molecule has 39 heavy (non-hydrogen) atoms. The second-order valence-corrected chi connectivity index (χ2v) is 11.5. The molecule has 0 amide bonds. The average molecular weight is 553 g/mol. The highest BCUT2D eigenvalue weighted by molar-refractivity contribution is 7.15. The maximum atomic E-state index is 12.4. The maximum absolute atomic E-state index is 12.4. The zero-order valence-corrected chi connectivity index (χ0v) is 24.7. The summed E-state index contributed by atoms with van der Waals surface area (Å²) in [5.41, 5.74) is 2.71. The molecule has 208 valence electrons. The first-order valence-electron chi connectivity index (χ1n) is 13.0. The molecule has 4 rings (SSSR count). The molecule has 0 saturated carbocycles. The number of aryl methyl sites for hydroxylation is 5. The lowest BCUT2D eigenvalue weighted by atomic mass is 10.0. The summed E-state index contributed by atoms with van der Waals surface area (Å²) in [6.07, 6.45) is 0. The maximum Gasteiger partial charge on any atom is 0.349 e. The van der Waals surface area contributed by atoms with Gasteiger partial charge in [0.25, 0.3) is 0 Å². The molecule has 0 aliphatic heterocycles. The minimum absolute atomic E-state index is 0.303. The van der Waals surface area contributed by atoms with E-state index in [2.05, 4.69) is 40.2 Å². The summed E-state index contributed by atoms with van der Waals surface area (Å²) in [4.78, 5) is 26.0. The minimum atomic E-state index is -1.10. The highest BCUT2D eigenvalue weighted by Gasteiger charge is 2.32. The summed E-state index contributed by atoms with van der Waals surface area (Å²) in [5.74, 6) is 2.82. The average Bonchev–Trinajstić information content (AvgIpc) is 3.57. The van der Waals surface area contributed by atoms with Crippen LogP contribution in [0.5, 0.6) is 5.75 Å². The lowest BCUT2D eigenvalue weighted by Gasteiger charge is -2.27. The number of benzene rings is 1. The number of hydrogen-bond acceptors (Lipinski definition) is 10. The lowest BCUT2D eigenvalue weighted by Crippen LogP contribution is -2.40. The fraction of sp³-hybridized carbons (Fsp3) is 0.448. The number of aromatic nitrogens is 3. The fourth-order valence-corrected chi connectivity index (χ4v) is 5.15. The van der Waals surface area contributed by atoms with Crippen LogP contribution in [-0.2, 0) is 29.2 Å². The molecule has 4 aromatic rings. The molecule has 1 aromatic carbocycles. The first-order chi connectivity index (χ1) is 18.4. The van der Waals surface area contributed by atoms with Crippen molar-refractivity contribution in [3.8, 4) is 16.5 Å². The van der Waals surface area contributed by atoms with E-state index in [4.69, 9.17) is 23.4 Å². The van der Waals surface area contributed by atoms with E-state index in [9.17, 15) is 4.79 Å². The second-order valence-electron chi connectivity index (χ2n) is 10.2. The molecule has 0 fully saturated rings. The van der Waals surface area contributed by atoms with Gasteiger partial charge in [-0.25, -0.2) is 9.78 Å². The summed E-state index contributed by atoms with van der Waals surface area (Å²) in [6.45, 7) is 16.9. The van der Waals surface area contributed by atoms with Crippen molar-refractivity contribution < 1.29 is 23.2 Å². The molecule has 0 aliphatic rings. The van der Waals surface area contributed by atoms with Gasteiger partial charge in [0.05, 0.1) is 23.7 Å². The Kier molecular flexibility index (Phi) is 8.56. The van der Waals surface area contributed by atoms with Crippen LogP contribution in [0.3, 0.4) is 0 Å². The van der Waals surface area contributed by atoms with E-state index >= 15 is 0 Å². The Bertz CT molecular complexity index is 1430. The van der Waals surface area contributed by atoms with Crippen LogP contribution in [0.15, 0.2) is 33.2 Å². The van der Waals surface area contributed by atoms with Crippen molar-refractivity contribution in [1.82, 2.24) is 20.0 Å². The Morgan fingerprint density at radius 1 is 1.03 bits per heavy atom. The van der Waals surface area contributed by atoms with Gasteiger partial charge in [0.1, 0.15) is 11.5 Å². The van der Waals surface area contributed by atoms with Crippen LogP contribution < -0.4 is 4.74 Å². The zero-order chi connectivity index (χ0) is 28.3. The fourth-order valence-electron chi connectivity index (χ4n) is 4.36. The summed E-state index contributed by atoms with van der Waals surface area (Å²) in [6, 6.07) is 8.25. The monoisotopic (exact) mass is 552 g/mol. The minimum Gasteiger partial charge on any atom is -0.476 e. The molecular weight excluding hydrogens is 516 g/mol. The Morgan fingerprint density at radius 3 is 2.33 bits per heavy atom. The van der Waals surface area contributed by atoms with Crippen molar-refractivity contribution in [3.05, 3.63) is 69.0 Å². The van der Waals surface area contributed by atoms with E-state index in [1.54, 1.807) is 39.0 Å². The Morgan fingerprint density at radius 2 is 1.74 bits per heavy atom. The Balaban J connectivity index is 1.58. The molecule has 0 radical (unpaired) electrons. The van der Waals surface area contributed by atoms with Crippen molar-refractivity contribution >= 4 is 17.3 Å². The number of carbonyl (C=O) groups is 1. The van der Waals surface area contributed by atoms with Crippen molar-refractivity contribution in [2.75, 3.05) is 6.61 Å². The zero-order valence-electron chi connectivity index (χ0n) is 23.9. The van der Waals surface area contributed by atoms with Gasteiger partial charge in [-0.1, -0.05) is 17.3 Å². The predicted molar refractivity (Wildman–Crippen MR) is 149 cm³/mol. The number of ether oxygens (including phenoxy) is 2. The third kappa shape index (κ3) is 6.93. The number of rotatable bonds is 11. The number of hydrogen-bond donors (Lipinski definition) is 0. The SMILES string of the molecule is CCOC(=O)C(C)(C)Oc1c(C)cc(CN(Cc2nc(C)no2)Cc2nc(-c3ccc(C)s3)oc2C)cc1C. The van der Waals surface area contributed by atoms with Crippen LogP contribution in [0.2, 0.25) is 0 Å². The van der Waals surface area contributed by atoms with E-state index in [-0.39, 0.29) is 0 Å².